The molecule has 0 aromatic carbocycles. The molecule has 3 rings (SSSR count). The van der Waals surface area contributed by atoms with Crippen LogP contribution in [0.15, 0.2) is 35.3 Å². The van der Waals surface area contributed by atoms with Crippen LogP contribution in [-0.2, 0) is 0 Å². The molecule has 23 heavy (non-hydrogen) atoms. The molecule has 1 fully saturated rings. The minimum absolute atomic E-state index is 0.210. The highest BCUT2D eigenvalue weighted by Gasteiger charge is 2.36. The molecule has 8 nitrogen and oxygen atoms in total. The summed E-state index contributed by atoms with van der Waals surface area (Å²) in [6.07, 6.45) is 6.13. The zero-order chi connectivity index (χ0) is 16.3. The quantitative estimate of drug-likeness (QED) is 0.880. The van der Waals surface area contributed by atoms with Gasteiger partial charge in [0.2, 0.25) is 5.95 Å². The largest absolute Gasteiger partial charge is 0.386 e. The lowest BCUT2D eigenvalue weighted by Crippen LogP contribution is -2.55. The number of rotatable bonds is 4. The maximum atomic E-state index is 12.2. The van der Waals surface area contributed by atoms with Gasteiger partial charge in [0.1, 0.15) is 6.26 Å². The number of carbonyl (C=O) groups excluding carboxylic acids is 1. The van der Waals surface area contributed by atoms with Crippen molar-refractivity contribution < 1.29 is 14.4 Å². The number of amides is 1. The van der Waals surface area contributed by atoms with Crippen LogP contribution in [0.4, 0.5) is 5.95 Å². The van der Waals surface area contributed by atoms with Gasteiger partial charge in [-0.15, -0.1) is 0 Å². The van der Waals surface area contributed by atoms with Crippen LogP contribution in [0, 0.1) is 0 Å². The minimum atomic E-state index is -1.01. The summed E-state index contributed by atoms with van der Waals surface area (Å²) in [7, 11) is 1.65. The molecule has 2 aromatic rings. The Balaban J connectivity index is 1.67. The Bertz CT molecular complexity index is 648. The summed E-state index contributed by atoms with van der Waals surface area (Å²) in [6.45, 7) is 1.38. The Morgan fingerprint density at radius 1 is 1.48 bits per heavy atom. The average Bonchev–Trinajstić information content (AvgIpc) is 3.09. The molecule has 0 bridgehead atoms. The first-order valence-electron chi connectivity index (χ1n) is 7.48. The van der Waals surface area contributed by atoms with E-state index in [1.807, 2.05) is 4.90 Å². The van der Waals surface area contributed by atoms with Crippen molar-refractivity contribution >= 4 is 11.9 Å². The van der Waals surface area contributed by atoms with E-state index in [0.29, 0.717) is 18.9 Å². The van der Waals surface area contributed by atoms with Gasteiger partial charge in [0, 0.05) is 32.1 Å². The van der Waals surface area contributed by atoms with E-state index in [4.69, 9.17) is 4.52 Å². The summed E-state index contributed by atoms with van der Waals surface area (Å²) < 4.78 is 4.69. The van der Waals surface area contributed by atoms with Gasteiger partial charge >= 0.3 is 0 Å². The third kappa shape index (κ3) is 3.48. The molecule has 3 heterocycles. The summed E-state index contributed by atoms with van der Waals surface area (Å²) in [5.74, 6) is 0.316. The summed E-state index contributed by atoms with van der Waals surface area (Å²) in [5.41, 5.74) is -0.777. The van der Waals surface area contributed by atoms with Crippen molar-refractivity contribution in [1.29, 1.82) is 0 Å². The number of likely N-dealkylation sites (N-methyl/N-ethyl adjacent to an activating group) is 1. The van der Waals surface area contributed by atoms with E-state index in [1.165, 1.54) is 17.2 Å². The fourth-order valence-corrected chi connectivity index (χ4v) is 2.90. The van der Waals surface area contributed by atoms with E-state index in [-0.39, 0.29) is 18.1 Å². The van der Waals surface area contributed by atoms with Gasteiger partial charge in [-0.3, -0.25) is 4.79 Å². The van der Waals surface area contributed by atoms with E-state index in [2.05, 4.69) is 15.1 Å². The minimum Gasteiger partial charge on any atom is -0.386 e. The Morgan fingerprint density at radius 3 is 2.96 bits per heavy atom. The fraction of sp³-hybridized carbons (Fsp3) is 0.467. The van der Waals surface area contributed by atoms with Crippen LogP contribution < -0.4 is 4.90 Å². The van der Waals surface area contributed by atoms with Crippen molar-refractivity contribution in [2.75, 3.05) is 31.6 Å². The van der Waals surface area contributed by atoms with Crippen molar-refractivity contribution in [1.82, 2.24) is 20.0 Å². The van der Waals surface area contributed by atoms with Gasteiger partial charge in [0.25, 0.3) is 5.91 Å². The molecule has 1 atom stereocenters. The number of anilines is 1. The number of nitrogens with zero attached hydrogens (tertiary/aromatic N) is 5. The van der Waals surface area contributed by atoms with Crippen LogP contribution in [0.1, 0.15) is 23.3 Å². The maximum Gasteiger partial charge on any atom is 0.275 e. The second-order valence-corrected chi connectivity index (χ2v) is 5.84. The molecular formula is C15H19N5O3. The normalized spacial score (nSPS) is 21.2. The van der Waals surface area contributed by atoms with Crippen LogP contribution in [0.3, 0.4) is 0 Å². The van der Waals surface area contributed by atoms with Gasteiger partial charge in [-0.1, -0.05) is 5.16 Å². The number of hydrogen-bond donors (Lipinski definition) is 1. The fourth-order valence-electron chi connectivity index (χ4n) is 2.90. The average molecular weight is 317 g/mol. The van der Waals surface area contributed by atoms with Crippen molar-refractivity contribution in [2.45, 2.75) is 18.4 Å². The van der Waals surface area contributed by atoms with Crippen LogP contribution in [-0.4, -0.2) is 63.3 Å². The van der Waals surface area contributed by atoms with Crippen molar-refractivity contribution in [2.24, 2.45) is 0 Å². The first-order chi connectivity index (χ1) is 11.1. The molecule has 0 saturated carbocycles. The predicted octanol–water partition coefficient (Wildman–Crippen LogP) is 0.568. The number of carbonyl (C=O) groups is 1. The number of piperidine rings is 1. The number of β-amino-alcohol motifs (C(OH)–C–C–N with tert-alkyl or cyclic N) is 1. The standard InChI is InChI=1S/C15H19N5O3/c1-19(13(21)12-4-9-23-18-12)10-15(22)5-2-8-20(11-15)14-16-6-3-7-17-14/h3-4,6-7,9,22H,2,5,8,10-11H2,1H3/t15-/m1/s1. The van der Waals surface area contributed by atoms with E-state index < -0.39 is 5.60 Å². The lowest BCUT2D eigenvalue weighted by molar-refractivity contribution is -0.000538. The summed E-state index contributed by atoms with van der Waals surface area (Å²) >= 11 is 0. The molecule has 1 saturated heterocycles. The van der Waals surface area contributed by atoms with Crippen LogP contribution in [0.25, 0.3) is 0 Å². The number of aliphatic hydroxyl groups is 1. The highest BCUT2D eigenvalue weighted by Crippen LogP contribution is 2.24. The van der Waals surface area contributed by atoms with Crippen LogP contribution in [0.2, 0.25) is 0 Å². The Kier molecular flexibility index (Phi) is 4.24. The first-order valence-corrected chi connectivity index (χ1v) is 7.48. The lowest BCUT2D eigenvalue weighted by atomic mass is 9.92. The highest BCUT2D eigenvalue weighted by molar-refractivity contribution is 5.91. The van der Waals surface area contributed by atoms with E-state index in [9.17, 15) is 9.90 Å². The second-order valence-electron chi connectivity index (χ2n) is 5.84. The smallest absolute Gasteiger partial charge is 0.275 e. The summed E-state index contributed by atoms with van der Waals surface area (Å²) in [6, 6.07) is 3.26. The zero-order valence-corrected chi connectivity index (χ0v) is 12.9. The molecule has 1 N–H and O–H groups in total. The third-order valence-electron chi connectivity index (χ3n) is 3.93. The third-order valence-corrected chi connectivity index (χ3v) is 3.93. The summed E-state index contributed by atoms with van der Waals surface area (Å²) in [4.78, 5) is 24.1. The lowest BCUT2D eigenvalue weighted by Gasteiger charge is -2.40. The maximum absolute atomic E-state index is 12.2. The molecule has 0 spiro atoms. The van der Waals surface area contributed by atoms with E-state index >= 15 is 0 Å². The van der Waals surface area contributed by atoms with E-state index in [1.54, 1.807) is 25.5 Å². The van der Waals surface area contributed by atoms with Gasteiger partial charge in [0.15, 0.2) is 5.69 Å². The molecule has 0 aliphatic carbocycles. The molecule has 8 heteroatoms. The van der Waals surface area contributed by atoms with Crippen molar-refractivity contribution in [3.63, 3.8) is 0 Å². The molecule has 122 valence electrons. The zero-order valence-electron chi connectivity index (χ0n) is 12.9. The predicted molar refractivity (Wildman–Crippen MR) is 81.9 cm³/mol. The highest BCUT2D eigenvalue weighted by atomic mass is 16.5. The van der Waals surface area contributed by atoms with Gasteiger partial charge < -0.3 is 19.4 Å². The van der Waals surface area contributed by atoms with E-state index in [0.717, 1.165) is 13.0 Å². The van der Waals surface area contributed by atoms with Crippen molar-refractivity contribution in [3.8, 4) is 0 Å². The SMILES string of the molecule is CN(C[C@]1(O)CCCN(c2ncccn2)C1)C(=O)c1ccon1. The number of aromatic nitrogens is 3. The topological polar surface area (TPSA) is 95.6 Å². The molecule has 0 unspecified atom stereocenters. The Morgan fingerprint density at radius 2 is 2.26 bits per heavy atom. The van der Waals surface area contributed by atoms with Crippen LogP contribution >= 0.6 is 0 Å². The summed E-state index contributed by atoms with van der Waals surface area (Å²) in [5, 5.41) is 14.5. The van der Waals surface area contributed by atoms with Gasteiger partial charge in [-0.25, -0.2) is 9.97 Å². The molecule has 0 radical (unpaired) electrons. The molecule has 1 aliphatic rings. The monoisotopic (exact) mass is 317 g/mol. The molecule has 1 aliphatic heterocycles. The Hall–Kier alpha value is -2.48. The number of hydrogen-bond acceptors (Lipinski definition) is 7. The van der Waals surface area contributed by atoms with Gasteiger partial charge in [-0.05, 0) is 18.9 Å². The van der Waals surface area contributed by atoms with Gasteiger partial charge in [-0.2, -0.15) is 0 Å². The molecule has 1 amide bonds. The Labute approximate surface area is 133 Å². The molecule has 2 aromatic heterocycles. The first kappa shape index (κ1) is 15.4. The van der Waals surface area contributed by atoms with Crippen molar-refractivity contribution in [3.05, 3.63) is 36.5 Å². The van der Waals surface area contributed by atoms with Gasteiger partial charge in [0.05, 0.1) is 18.7 Å². The second kappa shape index (κ2) is 6.33. The molecular weight excluding hydrogens is 298 g/mol. The van der Waals surface area contributed by atoms with Crippen LogP contribution in [0.5, 0.6) is 0 Å².